The summed E-state index contributed by atoms with van der Waals surface area (Å²) >= 11 is 0. The summed E-state index contributed by atoms with van der Waals surface area (Å²) in [6.07, 6.45) is 0.969. The predicted molar refractivity (Wildman–Crippen MR) is 155 cm³/mol. The molecule has 7 nitrogen and oxygen atoms in total. The Labute approximate surface area is 234 Å². The lowest BCUT2D eigenvalue weighted by Gasteiger charge is -2.37. The predicted octanol–water partition coefficient (Wildman–Crippen LogP) is 6.02. The number of anilines is 1. The first kappa shape index (κ1) is 27.1. The summed E-state index contributed by atoms with van der Waals surface area (Å²) in [4.78, 5) is 27.9. The summed E-state index contributed by atoms with van der Waals surface area (Å²) in [5.41, 5.74) is 6.30. The molecule has 0 aromatic heterocycles. The zero-order chi connectivity index (χ0) is 28.4. The molecule has 0 saturated heterocycles. The van der Waals surface area contributed by atoms with Crippen LogP contribution >= 0.6 is 0 Å². The first-order chi connectivity index (χ1) is 19.4. The Kier molecular flexibility index (Phi) is 7.65. The van der Waals surface area contributed by atoms with Gasteiger partial charge in [0.25, 0.3) is 5.91 Å². The summed E-state index contributed by atoms with van der Waals surface area (Å²) in [6.45, 7) is 3.92. The van der Waals surface area contributed by atoms with Crippen LogP contribution in [0.25, 0.3) is 0 Å². The molecule has 206 valence electrons. The molecule has 5 rings (SSSR count). The van der Waals surface area contributed by atoms with Crippen LogP contribution in [0.4, 0.5) is 5.69 Å². The molecule has 2 N–H and O–H groups in total. The third-order valence-corrected chi connectivity index (χ3v) is 7.81. The summed E-state index contributed by atoms with van der Waals surface area (Å²) in [5, 5.41) is 6.48. The van der Waals surface area contributed by atoms with Crippen molar-refractivity contribution in [3.8, 4) is 17.2 Å². The first-order valence-electron chi connectivity index (χ1n) is 13.3. The van der Waals surface area contributed by atoms with Gasteiger partial charge in [-0.1, -0.05) is 42.5 Å². The largest absolute Gasteiger partial charge is 0.495 e. The highest BCUT2D eigenvalue weighted by Gasteiger charge is 2.41. The molecule has 1 aliphatic heterocycles. The number of aryl methyl sites for hydroxylation is 1. The molecule has 0 spiro atoms. The molecular formula is C33H34N2O5. The van der Waals surface area contributed by atoms with E-state index in [4.69, 9.17) is 14.2 Å². The van der Waals surface area contributed by atoms with Gasteiger partial charge in [-0.15, -0.1) is 0 Å². The van der Waals surface area contributed by atoms with Gasteiger partial charge in [0.2, 0.25) is 0 Å². The fourth-order valence-corrected chi connectivity index (χ4v) is 5.84. The van der Waals surface area contributed by atoms with Crippen LogP contribution in [0.3, 0.4) is 0 Å². The van der Waals surface area contributed by atoms with Crippen molar-refractivity contribution in [2.45, 2.75) is 38.5 Å². The number of carbonyl (C=O) groups excluding carboxylic acids is 2. The lowest BCUT2D eigenvalue weighted by Crippen LogP contribution is -2.37. The Morgan fingerprint density at radius 1 is 0.850 bits per heavy atom. The summed E-state index contributed by atoms with van der Waals surface area (Å²) in [7, 11) is 4.78. The van der Waals surface area contributed by atoms with Crippen molar-refractivity contribution in [2.24, 2.45) is 0 Å². The fraction of sp³-hybridized carbons (Fsp3) is 0.273. The number of rotatable bonds is 7. The molecule has 40 heavy (non-hydrogen) atoms. The molecule has 7 heteroatoms. The van der Waals surface area contributed by atoms with E-state index in [9.17, 15) is 9.59 Å². The second kappa shape index (κ2) is 11.3. The molecule has 0 bridgehead atoms. The minimum atomic E-state index is -0.494. The maximum absolute atomic E-state index is 14.0. The maximum Gasteiger partial charge on any atom is 0.254 e. The van der Waals surface area contributed by atoms with E-state index in [0.717, 1.165) is 28.1 Å². The molecule has 3 aromatic carbocycles. The number of ether oxygens (including phenoxy) is 3. The van der Waals surface area contributed by atoms with Gasteiger partial charge < -0.3 is 24.8 Å². The highest BCUT2D eigenvalue weighted by molar-refractivity contribution is 6.10. The number of hydrogen-bond acceptors (Lipinski definition) is 6. The molecule has 0 fully saturated rings. The van der Waals surface area contributed by atoms with Gasteiger partial charge in [-0.2, -0.15) is 0 Å². The van der Waals surface area contributed by atoms with Crippen LogP contribution in [0.2, 0.25) is 0 Å². The van der Waals surface area contributed by atoms with Crippen molar-refractivity contribution in [1.29, 1.82) is 0 Å². The molecule has 3 aromatic rings. The number of ketones is 1. The number of hydrogen-bond donors (Lipinski definition) is 2. The summed E-state index contributed by atoms with van der Waals surface area (Å²) in [6, 6.07) is 21.0. The Morgan fingerprint density at radius 2 is 1.55 bits per heavy atom. The smallest absolute Gasteiger partial charge is 0.254 e. The van der Waals surface area contributed by atoms with E-state index >= 15 is 0 Å². The highest BCUT2D eigenvalue weighted by Crippen LogP contribution is 2.47. The minimum Gasteiger partial charge on any atom is -0.495 e. The van der Waals surface area contributed by atoms with Crippen LogP contribution in [0.5, 0.6) is 17.2 Å². The Hall–Kier alpha value is -4.52. The van der Waals surface area contributed by atoms with E-state index in [1.54, 1.807) is 33.5 Å². The highest BCUT2D eigenvalue weighted by atomic mass is 16.5. The monoisotopic (exact) mass is 538 g/mol. The summed E-state index contributed by atoms with van der Waals surface area (Å²) < 4.78 is 16.4. The Balaban J connectivity index is 1.56. The molecule has 1 heterocycles. The number of allylic oxidation sites excluding steroid dienone is 3. The topological polar surface area (TPSA) is 85.9 Å². The van der Waals surface area contributed by atoms with E-state index in [0.29, 0.717) is 46.9 Å². The van der Waals surface area contributed by atoms with Crippen LogP contribution in [0.15, 0.2) is 89.3 Å². The molecule has 2 aliphatic rings. The van der Waals surface area contributed by atoms with Crippen LogP contribution in [-0.2, 0) is 9.59 Å². The minimum absolute atomic E-state index is 0.0249. The van der Waals surface area contributed by atoms with Crippen molar-refractivity contribution < 1.29 is 23.8 Å². The quantitative estimate of drug-likeness (QED) is 0.383. The van der Waals surface area contributed by atoms with Crippen molar-refractivity contribution in [3.63, 3.8) is 0 Å². The molecule has 2 atom stereocenters. The van der Waals surface area contributed by atoms with Crippen molar-refractivity contribution in [3.05, 3.63) is 106 Å². The van der Waals surface area contributed by atoms with E-state index in [2.05, 4.69) is 10.6 Å². The second-order valence-electron chi connectivity index (χ2n) is 10.1. The number of amides is 1. The van der Waals surface area contributed by atoms with Gasteiger partial charge >= 0.3 is 0 Å². The molecule has 1 amide bonds. The van der Waals surface area contributed by atoms with Gasteiger partial charge in [-0.25, -0.2) is 0 Å². The SMILES string of the molecule is COc1ccccc1NC(=O)C1=C(C)NC2=C(C(=O)CC(c3ccc(OC)c(OC)c3)C2)C1c1ccccc1C. The normalized spacial score (nSPS) is 18.6. The number of nitrogens with one attached hydrogen (secondary N) is 2. The van der Waals surface area contributed by atoms with Gasteiger partial charge in [0.15, 0.2) is 17.3 Å². The molecule has 1 aliphatic carbocycles. The number of dihydropyridines is 1. The molecule has 2 unspecified atom stereocenters. The lowest BCUT2D eigenvalue weighted by atomic mass is 9.71. The second-order valence-corrected chi connectivity index (χ2v) is 10.1. The lowest BCUT2D eigenvalue weighted by molar-refractivity contribution is -0.116. The van der Waals surface area contributed by atoms with Crippen LogP contribution in [0, 0.1) is 6.92 Å². The average molecular weight is 539 g/mol. The van der Waals surface area contributed by atoms with E-state index in [1.807, 2.05) is 68.4 Å². The van der Waals surface area contributed by atoms with Crippen molar-refractivity contribution in [2.75, 3.05) is 26.6 Å². The maximum atomic E-state index is 14.0. The number of methoxy groups -OCH3 is 3. The number of para-hydroxylation sites is 2. The van der Waals surface area contributed by atoms with Crippen molar-refractivity contribution >= 4 is 17.4 Å². The van der Waals surface area contributed by atoms with Crippen LogP contribution in [0.1, 0.15) is 48.3 Å². The molecule has 0 saturated carbocycles. The van der Waals surface area contributed by atoms with Gasteiger partial charge in [-0.3, -0.25) is 9.59 Å². The first-order valence-corrected chi connectivity index (χ1v) is 13.3. The van der Waals surface area contributed by atoms with Gasteiger partial charge in [0.1, 0.15) is 5.75 Å². The zero-order valence-electron chi connectivity index (χ0n) is 23.5. The fourth-order valence-electron chi connectivity index (χ4n) is 5.84. The van der Waals surface area contributed by atoms with E-state index < -0.39 is 5.92 Å². The molecular weight excluding hydrogens is 504 g/mol. The van der Waals surface area contributed by atoms with Gasteiger partial charge in [0, 0.05) is 34.9 Å². The molecule has 0 radical (unpaired) electrons. The Bertz CT molecular complexity index is 1540. The zero-order valence-corrected chi connectivity index (χ0v) is 23.5. The number of carbonyl (C=O) groups is 2. The number of benzene rings is 3. The van der Waals surface area contributed by atoms with Gasteiger partial charge in [0.05, 0.1) is 27.0 Å². The van der Waals surface area contributed by atoms with E-state index in [-0.39, 0.29) is 17.6 Å². The van der Waals surface area contributed by atoms with Gasteiger partial charge in [-0.05, 0) is 67.1 Å². The standard InChI is InChI=1S/C33H34N2O5/c1-19-10-6-7-11-23(19)31-30(33(37)35-24-12-8-9-13-27(24)38-3)20(2)34-25-16-22(17-26(36)32(25)31)21-14-15-28(39-4)29(18-21)40-5/h6-15,18,22,31,34H,16-17H2,1-5H3,(H,35,37). The summed E-state index contributed by atoms with van der Waals surface area (Å²) in [5.74, 6) is 1.07. The third kappa shape index (κ3) is 4.95. The average Bonchev–Trinajstić information content (AvgIpc) is 2.96. The van der Waals surface area contributed by atoms with Crippen LogP contribution < -0.4 is 24.8 Å². The van der Waals surface area contributed by atoms with Crippen molar-refractivity contribution in [1.82, 2.24) is 5.32 Å². The van der Waals surface area contributed by atoms with Crippen LogP contribution in [-0.4, -0.2) is 33.0 Å². The Morgan fingerprint density at radius 3 is 2.27 bits per heavy atom. The number of Topliss-reactive ketones (excluding diaryl/α,β-unsaturated/α-hetero) is 1. The van der Waals surface area contributed by atoms with E-state index in [1.165, 1.54) is 0 Å². The third-order valence-electron chi connectivity index (χ3n) is 7.81.